The average Bonchev–Trinajstić information content (AvgIpc) is 3.08. The number of hydrogen-bond acceptors (Lipinski definition) is 4. The monoisotopic (exact) mass is 392 g/mol. The molecule has 8 heteroatoms. The van der Waals surface area contributed by atoms with Gasteiger partial charge in [0, 0.05) is 61.6 Å². The quantitative estimate of drug-likeness (QED) is 0.495. The van der Waals surface area contributed by atoms with Gasteiger partial charge in [-0.15, -0.1) is 0 Å². The second-order valence-corrected chi connectivity index (χ2v) is 8.03. The van der Waals surface area contributed by atoms with Crippen LogP contribution in [0.15, 0.2) is 47.4 Å². The first-order valence-corrected chi connectivity index (χ1v) is 9.65. The number of pyridine rings is 1. The van der Waals surface area contributed by atoms with Gasteiger partial charge in [0.2, 0.25) is 0 Å². The van der Waals surface area contributed by atoms with Crippen LogP contribution in [0.4, 0.5) is 5.69 Å². The molecule has 5 rings (SSSR count). The van der Waals surface area contributed by atoms with Crippen LogP contribution in [0.1, 0.15) is 28.4 Å². The maximum absolute atomic E-state index is 13.2. The van der Waals surface area contributed by atoms with Crippen LogP contribution in [0.5, 0.6) is 0 Å². The van der Waals surface area contributed by atoms with E-state index in [0.29, 0.717) is 25.2 Å². The zero-order chi connectivity index (χ0) is 20.3. The molecule has 0 radical (unpaired) electrons. The highest BCUT2D eigenvalue weighted by molar-refractivity contribution is 5.98. The van der Waals surface area contributed by atoms with Crippen LogP contribution >= 0.6 is 0 Å². The van der Waals surface area contributed by atoms with Crippen LogP contribution in [0.25, 0.3) is 10.9 Å². The molecular weight excluding hydrogens is 372 g/mol. The molecule has 29 heavy (non-hydrogen) atoms. The minimum atomic E-state index is -0.629. The lowest BCUT2D eigenvalue weighted by Crippen LogP contribution is -2.49. The Kier molecular flexibility index (Phi) is 3.84. The Balaban J connectivity index is 1.46. The first-order valence-electron chi connectivity index (χ1n) is 9.65. The maximum Gasteiger partial charge on any atom is 0.334 e. The fraction of sp³-hybridized carbons (Fsp3) is 0.333. The fourth-order valence-corrected chi connectivity index (χ4v) is 4.82. The lowest BCUT2D eigenvalue weighted by molar-refractivity contribution is -0.386. The van der Waals surface area contributed by atoms with Gasteiger partial charge in [-0.2, -0.15) is 0 Å². The molecule has 2 unspecified atom stereocenters. The largest absolute Gasteiger partial charge is 0.351 e. The molecule has 0 spiro atoms. The van der Waals surface area contributed by atoms with Crippen molar-refractivity contribution >= 4 is 22.5 Å². The molecule has 0 saturated carbocycles. The number of piperidine rings is 1. The van der Waals surface area contributed by atoms with E-state index in [-0.39, 0.29) is 17.7 Å². The van der Waals surface area contributed by atoms with Crippen LogP contribution in [0.2, 0.25) is 0 Å². The van der Waals surface area contributed by atoms with E-state index >= 15 is 0 Å². The third kappa shape index (κ3) is 2.74. The van der Waals surface area contributed by atoms with Gasteiger partial charge in [-0.05, 0) is 42.0 Å². The van der Waals surface area contributed by atoms with Crippen molar-refractivity contribution in [3.63, 3.8) is 0 Å². The lowest BCUT2D eigenvalue weighted by atomic mass is 9.83. The summed E-state index contributed by atoms with van der Waals surface area (Å²) >= 11 is 0. The molecule has 148 valence electrons. The predicted octanol–water partition coefficient (Wildman–Crippen LogP) is 2.51. The van der Waals surface area contributed by atoms with Crippen molar-refractivity contribution in [2.45, 2.75) is 18.9 Å². The Labute approximate surface area is 166 Å². The summed E-state index contributed by atoms with van der Waals surface area (Å²) in [5.41, 5.74) is 1.51. The van der Waals surface area contributed by atoms with E-state index in [1.807, 2.05) is 47.0 Å². The zero-order valence-electron chi connectivity index (χ0n) is 15.9. The van der Waals surface area contributed by atoms with Crippen LogP contribution in [-0.2, 0) is 13.6 Å². The van der Waals surface area contributed by atoms with Gasteiger partial charge in [0.25, 0.3) is 5.91 Å². The molecule has 0 aliphatic carbocycles. The number of nitro groups is 1. The van der Waals surface area contributed by atoms with Crippen LogP contribution in [0.3, 0.4) is 0 Å². The Hall–Kier alpha value is -3.42. The minimum absolute atomic E-state index is 0.0127. The normalized spacial score (nSPS) is 20.5. The Morgan fingerprint density at radius 3 is 2.76 bits per heavy atom. The summed E-state index contributed by atoms with van der Waals surface area (Å²) in [4.78, 5) is 38.0. The summed E-state index contributed by atoms with van der Waals surface area (Å²) in [6, 6.07) is 10.7. The van der Waals surface area contributed by atoms with E-state index in [9.17, 15) is 19.7 Å². The van der Waals surface area contributed by atoms with Crippen LogP contribution in [-0.4, -0.2) is 38.0 Å². The van der Waals surface area contributed by atoms with E-state index in [2.05, 4.69) is 0 Å². The fourth-order valence-electron chi connectivity index (χ4n) is 4.82. The number of aryl methyl sites for hydroxylation is 1. The van der Waals surface area contributed by atoms with Gasteiger partial charge in [0.15, 0.2) is 0 Å². The number of carbonyl (C=O) groups excluding carboxylic acids is 1. The summed E-state index contributed by atoms with van der Waals surface area (Å²) in [5.74, 6) is 0.114. The third-order valence-electron chi connectivity index (χ3n) is 6.20. The van der Waals surface area contributed by atoms with Crippen molar-refractivity contribution in [3.8, 4) is 0 Å². The average molecular weight is 392 g/mol. The summed E-state index contributed by atoms with van der Waals surface area (Å²) in [5, 5.41) is 12.2. The van der Waals surface area contributed by atoms with Crippen LogP contribution < -0.4 is 5.56 Å². The second kappa shape index (κ2) is 6.30. The second-order valence-electron chi connectivity index (χ2n) is 8.03. The van der Waals surface area contributed by atoms with Gasteiger partial charge >= 0.3 is 11.2 Å². The highest BCUT2D eigenvalue weighted by Crippen LogP contribution is 2.36. The van der Waals surface area contributed by atoms with Crippen molar-refractivity contribution < 1.29 is 9.72 Å². The van der Waals surface area contributed by atoms with Crippen LogP contribution in [0, 0.1) is 16.0 Å². The highest BCUT2D eigenvalue weighted by Gasteiger charge is 2.37. The topological polar surface area (TPSA) is 90.4 Å². The van der Waals surface area contributed by atoms with E-state index in [1.54, 1.807) is 6.07 Å². The Morgan fingerprint density at radius 2 is 1.97 bits per heavy atom. The van der Waals surface area contributed by atoms with E-state index in [1.165, 1.54) is 10.6 Å². The van der Waals surface area contributed by atoms with E-state index in [0.717, 1.165) is 23.0 Å². The smallest absolute Gasteiger partial charge is 0.334 e. The number of likely N-dealkylation sites (tertiary alicyclic amines) is 1. The van der Waals surface area contributed by atoms with Crippen molar-refractivity contribution in [1.29, 1.82) is 0 Å². The highest BCUT2D eigenvalue weighted by atomic mass is 16.6. The molecule has 8 nitrogen and oxygen atoms in total. The minimum Gasteiger partial charge on any atom is -0.351 e. The number of carbonyl (C=O) groups is 1. The Bertz CT molecular complexity index is 1230. The predicted molar refractivity (Wildman–Crippen MR) is 107 cm³/mol. The summed E-state index contributed by atoms with van der Waals surface area (Å²) in [7, 11) is 1.95. The molecule has 1 saturated heterocycles. The molecule has 3 aromatic rings. The van der Waals surface area contributed by atoms with E-state index in [4.69, 9.17) is 0 Å². The number of benzene rings is 1. The maximum atomic E-state index is 13.2. The standard InChI is InChI=1S/C21H20N4O4/c1-22-7-6-14-2-3-15(9-19(14)22)20(26)23-10-13-8-16(12-23)17-4-5-18(25(28)29)21(27)24(17)11-13/h2-7,9,13,16H,8,10-12H2,1H3. The van der Waals surface area contributed by atoms with Crippen molar-refractivity contribution in [2.75, 3.05) is 13.1 Å². The molecular formula is C21H20N4O4. The molecule has 1 amide bonds. The van der Waals surface area contributed by atoms with Gasteiger partial charge in [-0.1, -0.05) is 6.07 Å². The Morgan fingerprint density at radius 1 is 1.14 bits per heavy atom. The SMILES string of the molecule is Cn1ccc2ccc(C(=O)N3CC4CC(C3)c3ccc([N+](=O)[O-])c(=O)n3C4)cc21. The molecule has 1 fully saturated rings. The summed E-state index contributed by atoms with van der Waals surface area (Å²) in [6.07, 6.45) is 2.86. The molecule has 2 bridgehead atoms. The third-order valence-corrected chi connectivity index (χ3v) is 6.20. The van der Waals surface area contributed by atoms with E-state index < -0.39 is 16.2 Å². The molecule has 2 aromatic heterocycles. The molecule has 4 heterocycles. The number of rotatable bonds is 2. The van der Waals surface area contributed by atoms with Gasteiger partial charge in [0.05, 0.1) is 4.92 Å². The lowest BCUT2D eigenvalue weighted by Gasteiger charge is -2.42. The van der Waals surface area contributed by atoms with Crippen molar-refractivity contribution in [2.24, 2.45) is 13.0 Å². The molecule has 1 aromatic carbocycles. The summed E-state index contributed by atoms with van der Waals surface area (Å²) in [6.45, 7) is 1.47. The summed E-state index contributed by atoms with van der Waals surface area (Å²) < 4.78 is 3.53. The number of hydrogen-bond donors (Lipinski definition) is 0. The number of aromatic nitrogens is 2. The molecule has 2 aliphatic heterocycles. The van der Waals surface area contributed by atoms with Crippen molar-refractivity contribution in [3.05, 3.63) is 74.3 Å². The number of fused-ring (bicyclic) bond motifs is 5. The molecule has 0 N–H and O–H groups in total. The van der Waals surface area contributed by atoms with Crippen molar-refractivity contribution in [1.82, 2.24) is 14.0 Å². The molecule has 2 aliphatic rings. The zero-order valence-corrected chi connectivity index (χ0v) is 15.9. The first-order chi connectivity index (χ1) is 13.9. The van der Waals surface area contributed by atoms with Gasteiger partial charge in [-0.25, -0.2) is 0 Å². The first kappa shape index (κ1) is 17.7. The van der Waals surface area contributed by atoms with Gasteiger partial charge < -0.3 is 14.0 Å². The van der Waals surface area contributed by atoms with Gasteiger partial charge in [0.1, 0.15) is 0 Å². The van der Waals surface area contributed by atoms with Gasteiger partial charge in [-0.3, -0.25) is 19.7 Å². The number of amides is 1. The number of nitrogens with zero attached hydrogens (tertiary/aromatic N) is 4. The molecule has 2 atom stereocenters.